The lowest BCUT2D eigenvalue weighted by atomic mass is 10.3. The Morgan fingerprint density at radius 1 is 1.12 bits per heavy atom. The molecule has 1 heterocycles. The van der Waals surface area contributed by atoms with Gasteiger partial charge in [0.15, 0.2) is 11.5 Å². The first-order chi connectivity index (χ1) is 7.83. The van der Waals surface area contributed by atoms with Crippen molar-refractivity contribution in [2.75, 3.05) is 14.2 Å². The first kappa shape index (κ1) is 10.4. The highest BCUT2D eigenvalue weighted by atomic mass is 16.6. The van der Waals surface area contributed by atoms with Gasteiger partial charge >= 0.3 is 6.08 Å². The van der Waals surface area contributed by atoms with Gasteiger partial charge in [0, 0.05) is 6.07 Å². The van der Waals surface area contributed by atoms with E-state index in [1.807, 2.05) is 0 Å². The molecule has 0 aliphatic rings. The van der Waals surface area contributed by atoms with Crippen LogP contribution >= 0.6 is 0 Å². The van der Waals surface area contributed by atoms with E-state index in [9.17, 15) is 0 Å². The van der Waals surface area contributed by atoms with Gasteiger partial charge in [-0.25, -0.2) is 0 Å². The molecule has 1 aromatic heterocycles. The molecule has 2 rings (SSSR count). The van der Waals surface area contributed by atoms with Gasteiger partial charge in [0.1, 0.15) is 12.0 Å². The van der Waals surface area contributed by atoms with E-state index in [0.29, 0.717) is 17.2 Å². The molecular weight excluding hydrogens is 210 g/mol. The van der Waals surface area contributed by atoms with E-state index in [1.54, 1.807) is 32.4 Å². The third-order valence-electron chi connectivity index (χ3n) is 1.98. The van der Waals surface area contributed by atoms with Gasteiger partial charge in [0.05, 0.1) is 20.4 Å². The second kappa shape index (κ2) is 4.57. The number of benzene rings is 1. The lowest BCUT2D eigenvalue weighted by Gasteiger charge is -2.08. The third-order valence-corrected chi connectivity index (χ3v) is 1.98. The van der Waals surface area contributed by atoms with Crippen molar-refractivity contribution in [3.05, 3.63) is 30.7 Å². The average Bonchev–Trinajstić information content (AvgIpc) is 2.82. The highest BCUT2D eigenvalue weighted by Gasteiger charge is 2.09. The molecule has 0 radical (unpaired) electrons. The number of methoxy groups -OCH3 is 2. The summed E-state index contributed by atoms with van der Waals surface area (Å²) >= 11 is 0. The zero-order valence-corrected chi connectivity index (χ0v) is 8.97. The van der Waals surface area contributed by atoms with Crippen molar-refractivity contribution in [1.82, 2.24) is 4.98 Å². The van der Waals surface area contributed by atoms with E-state index >= 15 is 0 Å². The smallest absolute Gasteiger partial charge is 0.399 e. The molecule has 0 bridgehead atoms. The van der Waals surface area contributed by atoms with E-state index in [4.69, 9.17) is 18.6 Å². The monoisotopic (exact) mass is 221 g/mol. The van der Waals surface area contributed by atoms with Crippen molar-refractivity contribution in [2.24, 2.45) is 0 Å². The van der Waals surface area contributed by atoms with Crippen LogP contribution in [0.4, 0.5) is 0 Å². The molecule has 0 saturated heterocycles. The maximum atomic E-state index is 5.38. The van der Waals surface area contributed by atoms with Crippen LogP contribution in [-0.2, 0) is 0 Å². The van der Waals surface area contributed by atoms with Crippen molar-refractivity contribution in [2.45, 2.75) is 0 Å². The van der Waals surface area contributed by atoms with Gasteiger partial charge in [0.25, 0.3) is 0 Å². The highest BCUT2D eigenvalue weighted by molar-refractivity contribution is 5.46. The number of nitrogens with zero attached hydrogens (tertiary/aromatic N) is 1. The third kappa shape index (κ3) is 2.08. The largest absolute Gasteiger partial charge is 0.497 e. The van der Waals surface area contributed by atoms with Crippen LogP contribution in [0.25, 0.3) is 0 Å². The fourth-order valence-electron chi connectivity index (χ4n) is 1.21. The van der Waals surface area contributed by atoms with Gasteiger partial charge in [-0.3, -0.25) is 0 Å². The predicted molar refractivity (Wildman–Crippen MR) is 56.1 cm³/mol. The van der Waals surface area contributed by atoms with Crippen molar-refractivity contribution in [1.29, 1.82) is 0 Å². The minimum Gasteiger partial charge on any atom is -0.497 e. The van der Waals surface area contributed by atoms with Crippen LogP contribution in [0.1, 0.15) is 0 Å². The molecule has 0 aliphatic heterocycles. The maximum Gasteiger partial charge on any atom is 0.399 e. The molecule has 0 spiro atoms. The number of oxazole rings is 1. The summed E-state index contributed by atoms with van der Waals surface area (Å²) in [5.41, 5.74) is 0. The molecule has 0 saturated carbocycles. The number of ether oxygens (including phenoxy) is 3. The van der Waals surface area contributed by atoms with Crippen LogP contribution in [0, 0.1) is 0 Å². The lowest BCUT2D eigenvalue weighted by molar-refractivity contribution is 0.308. The normalized spacial score (nSPS) is 9.88. The van der Waals surface area contributed by atoms with Crippen molar-refractivity contribution in [3.63, 3.8) is 0 Å². The minimum absolute atomic E-state index is 0.170. The number of hydrogen-bond donors (Lipinski definition) is 0. The molecule has 5 heteroatoms. The summed E-state index contributed by atoms with van der Waals surface area (Å²) in [5.74, 6) is 1.76. The molecular formula is C11H11NO4. The SMILES string of the molecule is COc1ccc(Oc2ncco2)c(OC)c1. The molecule has 0 atom stereocenters. The fourth-order valence-corrected chi connectivity index (χ4v) is 1.21. The Morgan fingerprint density at radius 2 is 2.00 bits per heavy atom. The summed E-state index contributed by atoms with van der Waals surface area (Å²) in [6, 6.07) is 5.21. The quantitative estimate of drug-likeness (QED) is 0.793. The van der Waals surface area contributed by atoms with E-state index in [1.165, 1.54) is 12.5 Å². The van der Waals surface area contributed by atoms with Crippen LogP contribution in [0.5, 0.6) is 23.3 Å². The van der Waals surface area contributed by atoms with Crippen molar-refractivity contribution < 1.29 is 18.6 Å². The Bertz CT molecular complexity index is 453. The molecule has 0 amide bonds. The predicted octanol–water partition coefficient (Wildman–Crippen LogP) is 2.48. The Morgan fingerprint density at radius 3 is 2.62 bits per heavy atom. The van der Waals surface area contributed by atoms with E-state index < -0.39 is 0 Å². The molecule has 5 nitrogen and oxygen atoms in total. The van der Waals surface area contributed by atoms with Crippen LogP contribution in [-0.4, -0.2) is 19.2 Å². The summed E-state index contributed by atoms with van der Waals surface area (Å²) in [4.78, 5) is 3.85. The van der Waals surface area contributed by atoms with E-state index in [0.717, 1.165) is 0 Å². The average molecular weight is 221 g/mol. The molecule has 1 aromatic carbocycles. The summed E-state index contributed by atoms with van der Waals surface area (Å²) in [5, 5.41) is 0. The van der Waals surface area contributed by atoms with Gasteiger partial charge in [-0.2, -0.15) is 4.98 Å². The molecule has 16 heavy (non-hydrogen) atoms. The number of hydrogen-bond acceptors (Lipinski definition) is 5. The van der Waals surface area contributed by atoms with Crippen LogP contribution in [0.2, 0.25) is 0 Å². The Hall–Kier alpha value is -2.17. The lowest BCUT2D eigenvalue weighted by Crippen LogP contribution is -1.91. The van der Waals surface area contributed by atoms with Gasteiger partial charge in [-0.1, -0.05) is 0 Å². The van der Waals surface area contributed by atoms with Gasteiger partial charge in [-0.05, 0) is 12.1 Å². The van der Waals surface area contributed by atoms with Gasteiger partial charge in [0.2, 0.25) is 0 Å². The molecule has 0 N–H and O–H groups in total. The van der Waals surface area contributed by atoms with Gasteiger partial charge < -0.3 is 18.6 Å². The summed E-state index contributed by atoms with van der Waals surface area (Å²) in [7, 11) is 3.14. The molecule has 2 aromatic rings. The summed E-state index contributed by atoms with van der Waals surface area (Å²) in [6.07, 6.45) is 3.11. The Labute approximate surface area is 92.6 Å². The van der Waals surface area contributed by atoms with Crippen molar-refractivity contribution in [3.8, 4) is 23.3 Å². The minimum atomic E-state index is 0.170. The molecule has 84 valence electrons. The maximum absolute atomic E-state index is 5.38. The fraction of sp³-hybridized carbons (Fsp3) is 0.182. The number of rotatable bonds is 4. The number of aromatic nitrogens is 1. The van der Waals surface area contributed by atoms with Crippen LogP contribution < -0.4 is 14.2 Å². The van der Waals surface area contributed by atoms with Crippen LogP contribution in [0.3, 0.4) is 0 Å². The zero-order chi connectivity index (χ0) is 11.4. The molecule has 0 aliphatic carbocycles. The highest BCUT2D eigenvalue weighted by Crippen LogP contribution is 2.33. The second-order valence-electron chi connectivity index (χ2n) is 2.92. The molecule has 0 unspecified atom stereocenters. The van der Waals surface area contributed by atoms with Gasteiger partial charge in [-0.15, -0.1) is 0 Å². The Kier molecular flexibility index (Phi) is 2.95. The van der Waals surface area contributed by atoms with Crippen molar-refractivity contribution >= 4 is 0 Å². The van der Waals surface area contributed by atoms with E-state index in [2.05, 4.69) is 4.98 Å². The molecule has 0 fully saturated rings. The standard InChI is InChI=1S/C11H11NO4/c1-13-8-3-4-9(10(7-8)14-2)16-11-12-5-6-15-11/h3-7H,1-2H3. The summed E-state index contributed by atoms with van der Waals surface area (Å²) < 4.78 is 20.6. The zero-order valence-electron chi connectivity index (χ0n) is 8.97. The van der Waals surface area contributed by atoms with Crippen LogP contribution in [0.15, 0.2) is 35.1 Å². The first-order valence-electron chi connectivity index (χ1n) is 4.63. The summed E-state index contributed by atoms with van der Waals surface area (Å²) in [6.45, 7) is 0. The van der Waals surface area contributed by atoms with E-state index in [-0.39, 0.29) is 6.08 Å². The first-order valence-corrected chi connectivity index (χ1v) is 4.63. The topological polar surface area (TPSA) is 53.7 Å². The second-order valence-corrected chi connectivity index (χ2v) is 2.92. The Balaban J connectivity index is 2.26.